The van der Waals surface area contributed by atoms with Gasteiger partial charge in [0.05, 0.1) is 13.2 Å². The summed E-state index contributed by atoms with van der Waals surface area (Å²) in [5.41, 5.74) is 1.47. The lowest BCUT2D eigenvalue weighted by atomic mass is 9.54. The number of hydrogen-bond acceptors (Lipinski definition) is 4. The van der Waals surface area contributed by atoms with Crippen LogP contribution in [0.15, 0.2) is 29.3 Å². The van der Waals surface area contributed by atoms with E-state index in [4.69, 9.17) is 9.47 Å². The van der Waals surface area contributed by atoms with Crippen LogP contribution in [0, 0.1) is 11.3 Å². The van der Waals surface area contributed by atoms with Crippen LogP contribution in [0.5, 0.6) is 5.75 Å². The lowest BCUT2D eigenvalue weighted by Crippen LogP contribution is -2.69. The second-order valence-corrected chi connectivity index (χ2v) is 9.28. The maximum absolute atomic E-state index is 12.1. The Bertz CT molecular complexity index is 787. The molecule has 2 aliphatic carbocycles. The number of benzene rings is 1. The Morgan fingerprint density at radius 2 is 2.00 bits per heavy atom. The Labute approximate surface area is 185 Å². The van der Waals surface area contributed by atoms with Crippen molar-refractivity contribution < 1.29 is 14.3 Å². The minimum atomic E-state index is 0.00233. The number of carbonyl (C=O) groups excluding carboxylic acids is 1. The van der Waals surface area contributed by atoms with Gasteiger partial charge in [0.2, 0.25) is 5.91 Å². The van der Waals surface area contributed by atoms with E-state index in [0.29, 0.717) is 18.1 Å². The first-order chi connectivity index (χ1) is 15.0. The molecule has 7 nitrogen and oxygen atoms in total. The SMILES string of the molecule is COc1ccc(CCNC(=NCC(=O)N(C)C)NC2C3CCOC3C23CCCC3)cc1. The lowest BCUT2D eigenvalue weighted by molar-refractivity contribution is -0.127. The van der Waals surface area contributed by atoms with Crippen molar-refractivity contribution in [1.82, 2.24) is 15.5 Å². The molecular formula is C24H36N4O3. The smallest absolute Gasteiger partial charge is 0.243 e. The van der Waals surface area contributed by atoms with E-state index in [-0.39, 0.29) is 17.9 Å². The number of fused-ring (bicyclic) bond motifs is 2. The molecule has 2 saturated carbocycles. The highest BCUT2D eigenvalue weighted by molar-refractivity contribution is 5.85. The van der Waals surface area contributed by atoms with Crippen LogP contribution in [0.1, 0.15) is 37.7 Å². The monoisotopic (exact) mass is 428 g/mol. The van der Waals surface area contributed by atoms with Gasteiger partial charge in [0.15, 0.2) is 5.96 Å². The first-order valence-corrected chi connectivity index (χ1v) is 11.5. The van der Waals surface area contributed by atoms with Crippen LogP contribution in [0.25, 0.3) is 0 Å². The summed E-state index contributed by atoms with van der Waals surface area (Å²) in [5, 5.41) is 7.20. The number of rotatable bonds is 7. The molecule has 1 aromatic carbocycles. The highest BCUT2D eigenvalue weighted by Crippen LogP contribution is 2.60. The van der Waals surface area contributed by atoms with E-state index in [1.807, 2.05) is 12.1 Å². The number of guanidine groups is 1. The van der Waals surface area contributed by atoms with Gasteiger partial charge in [-0.15, -0.1) is 0 Å². The van der Waals surface area contributed by atoms with Gasteiger partial charge in [0.25, 0.3) is 0 Å². The van der Waals surface area contributed by atoms with Gasteiger partial charge in [0, 0.05) is 44.6 Å². The van der Waals surface area contributed by atoms with Gasteiger partial charge in [-0.1, -0.05) is 25.0 Å². The van der Waals surface area contributed by atoms with Crippen molar-refractivity contribution in [2.24, 2.45) is 16.3 Å². The predicted molar refractivity (Wildman–Crippen MR) is 121 cm³/mol. The van der Waals surface area contributed by atoms with Crippen LogP contribution in [-0.4, -0.2) is 69.8 Å². The summed E-state index contributed by atoms with van der Waals surface area (Å²) in [6.45, 7) is 1.76. The van der Waals surface area contributed by atoms with Crippen molar-refractivity contribution >= 4 is 11.9 Å². The summed E-state index contributed by atoms with van der Waals surface area (Å²) in [5.74, 6) is 2.16. The zero-order valence-electron chi connectivity index (χ0n) is 19.0. The summed E-state index contributed by atoms with van der Waals surface area (Å²) < 4.78 is 11.4. The topological polar surface area (TPSA) is 75.2 Å². The number of amides is 1. The standard InChI is InChI=1S/C24H36N4O3/c1-28(2)20(29)16-26-23(25-14-10-17-6-8-18(30-3)9-7-17)27-21-19-11-15-31-22(19)24(21)12-4-5-13-24/h6-9,19,21-22H,4-5,10-16H2,1-3H3,(H2,25,26,27). The van der Waals surface area contributed by atoms with E-state index in [1.165, 1.54) is 31.2 Å². The maximum Gasteiger partial charge on any atom is 0.243 e. The van der Waals surface area contributed by atoms with E-state index in [9.17, 15) is 4.79 Å². The minimum Gasteiger partial charge on any atom is -0.497 e. The van der Waals surface area contributed by atoms with Crippen LogP contribution in [0.2, 0.25) is 0 Å². The minimum absolute atomic E-state index is 0.00233. The second-order valence-electron chi connectivity index (χ2n) is 9.28. The highest BCUT2D eigenvalue weighted by atomic mass is 16.5. The molecule has 0 bridgehead atoms. The van der Waals surface area contributed by atoms with E-state index in [2.05, 4.69) is 27.8 Å². The quantitative estimate of drug-likeness (QED) is 0.515. The van der Waals surface area contributed by atoms with E-state index in [1.54, 1.807) is 26.1 Å². The van der Waals surface area contributed by atoms with E-state index < -0.39 is 0 Å². The van der Waals surface area contributed by atoms with Gasteiger partial charge in [0.1, 0.15) is 12.3 Å². The van der Waals surface area contributed by atoms with Crippen molar-refractivity contribution in [1.29, 1.82) is 0 Å². The van der Waals surface area contributed by atoms with Crippen molar-refractivity contribution in [2.45, 2.75) is 50.7 Å². The molecule has 7 heteroatoms. The first-order valence-electron chi connectivity index (χ1n) is 11.5. The first kappa shape index (κ1) is 21.9. The summed E-state index contributed by atoms with van der Waals surface area (Å²) in [6.07, 6.45) is 7.39. The average Bonchev–Trinajstić information content (AvgIpc) is 3.44. The van der Waals surface area contributed by atoms with Gasteiger partial charge in [-0.3, -0.25) is 4.79 Å². The predicted octanol–water partition coefficient (Wildman–Crippen LogP) is 2.21. The number of carbonyl (C=O) groups is 1. The number of hydrogen-bond donors (Lipinski definition) is 2. The highest BCUT2D eigenvalue weighted by Gasteiger charge is 2.65. The van der Waals surface area contributed by atoms with Crippen molar-refractivity contribution in [3.63, 3.8) is 0 Å². The maximum atomic E-state index is 12.1. The van der Waals surface area contributed by atoms with Gasteiger partial charge in [-0.2, -0.15) is 0 Å². The molecule has 1 amide bonds. The van der Waals surface area contributed by atoms with Crippen LogP contribution >= 0.6 is 0 Å². The van der Waals surface area contributed by atoms with Crippen LogP contribution in [0.4, 0.5) is 0 Å². The largest absolute Gasteiger partial charge is 0.497 e. The van der Waals surface area contributed by atoms with Gasteiger partial charge in [-0.05, 0) is 43.4 Å². The summed E-state index contributed by atoms with van der Waals surface area (Å²) in [6, 6.07) is 8.51. The van der Waals surface area contributed by atoms with Crippen LogP contribution in [0.3, 0.4) is 0 Å². The molecule has 1 saturated heterocycles. The Morgan fingerprint density at radius 1 is 1.26 bits per heavy atom. The number of ether oxygens (including phenoxy) is 2. The normalized spacial score (nSPS) is 26.3. The zero-order chi connectivity index (χ0) is 21.8. The van der Waals surface area contributed by atoms with Gasteiger partial charge in [-0.25, -0.2) is 4.99 Å². The molecule has 31 heavy (non-hydrogen) atoms. The molecule has 0 aromatic heterocycles. The molecule has 2 N–H and O–H groups in total. The van der Waals surface area contributed by atoms with Crippen molar-refractivity contribution in [3.05, 3.63) is 29.8 Å². The average molecular weight is 429 g/mol. The third kappa shape index (κ3) is 4.52. The van der Waals surface area contributed by atoms with Crippen LogP contribution in [-0.2, 0) is 16.0 Å². The Kier molecular flexibility index (Phi) is 6.70. The van der Waals surface area contributed by atoms with E-state index in [0.717, 1.165) is 37.7 Å². The number of nitrogens with zero attached hydrogens (tertiary/aromatic N) is 2. The molecule has 170 valence electrons. The summed E-state index contributed by atoms with van der Waals surface area (Å²) >= 11 is 0. The van der Waals surface area contributed by atoms with Crippen molar-refractivity contribution in [2.75, 3.05) is 40.9 Å². The van der Waals surface area contributed by atoms with Gasteiger partial charge < -0.3 is 25.0 Å². The third-order valence-corrected chi connectivity index (χ3v) is 7.31. The summed E-state index contributed by atoms with van der Waals surface area (Å²) in [4.78, 5) is 18.4. The number of nitrogens with one attached hydrogen (secondary N) is 2. The zero-order valence-corrected chi connectivity index (χ0v) is 19.0. The molecule has 3 aliphatic rings. The molecule has 0 radical (unpaired) electrons. The molecule has 1 spiro atoms. The molecule has 1 heterocycles. The Balaban J connectivity index is 1.41. The second kappa shape index (κ2) is 9.47. The molecule has 3 fully saturated rings. The molecular weight excluding hydrogens is 392 g/mol. The Morgan fingerprint density at radius 3 is 2.68 bits per heavy atom. The fourth-order valence-electron chi connectivity index (χ4n) is 5.61. The van der Waals surface area contributed by atoms with Crippen LogP contribution < -0.4 is 15.4 Å². The number of methoxy groups -OCH3 is 1. The molecule has 1 aromatic rings. The fraction of sp³-hybridized carbons (Fsp3) is 0.667. The number of aliphatic imine (C=N–C) groups is 1. The fourth-order valence-corrected chi connectivity index (χ4v) is 5.61. The molecule has 3 unspecified atom stereocenters. The van der Waals surface area contributed by atoms with Gasteiger partial charge >= 0.3 is 0 Å². The molecule has 3 atom stereocenters. The summed E-state index contributed by atoms with van der Waals surface area (Å²) in [7, 11) is 5.21. The molecule has 4 rings (SSSR count). The molecule has 1 aliphatic heterocycles. The lowest BCUT2D eigenvalue weighted by Gasteiger charge is -2.57. The number of likely N-dealkylation sites (N-methyl/N-ethyl adjacent to an activating group) is 1. The van der Waals surface area contributed by atoms with E-state index >= 15 is 0 Å². The third-order valence-electron chi connectivity index (χ3n) is 7.31. The van der Waals surface area contributed by atoms with Crippen molar-refractivity contribution in [3.8, 4) is 5.75 Å². The Hall–Kier alpha value is -2.28.